The summed E-state index contributed by atoms with van der Waals surface area (Å²) in [6.45, 7) is 9.86. The molecule has 1 aromatic rings. The van der Waals surface area contributed by atoms with Crippen LogP contribution in [0.3, 0.4) is 0 Å². The topological polar surface area (TPSA) is 17.8 Å². The monoisotopic (exact) mass is 180 g/mol. The third-order valence-electron chi connectivity index (χ3n) is 2.53. The van der Waals surface area contributed by atoms with Gasteiger partial charge in [-0.15, -0.1) is 0 Å². The molecule has 0 aromatic carbocycles. The number of imidazole rings is 1. The second-order valence-corrected chi connectivity index (χ2v) is 4.14. The van der Waals surface area contributed by atoms with Crippen LogP contribution in [0.2, 0.25) is 0 Å². The van der Waals surface area contributed by atoms with E-state index in [2.05, 4.69) is 37.2 Å². The van der Waals surface area contributed by atoms with Crippen molar-refractivity contribution in [1.82, 2.24) is 9.55 Å². The van der Waals surface area contributed by atoms with E-state index in [0.717, 1.165) is 18.2 Å². The molecule has 0 bridgehead atoms. The summed E-state index contributed by atoms with van der Waals surface area (Å²) in [6, 6.07) is 0. The quantitative estimate of drug-likeness (QED) is 0.696. The Hall–Kier alpha value is -0.790. The van der Waals surface area contributed by atoms with Gasteiger partial charge in [0.25, 0.3) is 0 Å². The normalized spacial score (nSPS) is 11.2. The molecule has 0 N–H and O–H groups in total. The Morgan fingerprint density at radius 3 is 2.54 bits per heavy atom. The standard InChI is InChI=1S/C11H20N2/c1-9(2)6-5-7-13-8-12-10(3)11(13)4/h8-9H,5-7H2,1-4H3. The van der Waals surface area contributed by atoms with E-state index in [1.54, 1.807) is 0 Å². The van der Waals surface area contributed by atoms with Crippen LogP contribution >= 0.6 is 0 Å². The molecule has 0 atom stereocenters. The van der Waals surface area contributed by atoms with Gasteiger partial charge in [0.2, 0.25) is 0 Å². The summed E-state index contributed by atoms with van der Waals surface area (Å²) in [5.41, 5.74) is 2.47. The molecule has 1 rings (SSSR count). The molecule has 0 aliphatic rings. The summed E-state index contributed by atoms with van der Waals surface area (Å²) < 4.78 is 2.25. The van der Waals surface area contributed by atoms with Crippen molar-refractivity contribution in [2.24, 2.45) is 5.92 Å². The van der Waals surface area contributed by atoms with Crippen LogP contribution in [0.5, 0.6) is 0 Å². The summed E-state index contributed by atoms with van der Waals surface area (Å²) in [5, 5.41) is 0. The first-order chi connectivity index (χ1) is 6.11. The van der Waals surface area contributed by atoms with E-state index in [4.69, 9.17) is 0 Å². The van der Waals surface area contributed by atoms with Gasteiger partial charge in [-0.2, -0.15) is 0 Å². The smallest absolute Gasteiger partial charge is 0.0951 e. The van der Waals surface area contributed by atoms with E-state index in [1.807, 2.05) is 6.33 Å². The number of rotatable bonds is 4. The average molecular weight is 180 g/mol. The zero-order valence-electron chi connectivity index (χ0n) is 9.17. The molecule has 0 unspecified atom stereocenters. The van der Waals surface area contributed by atoms with Gasteiger partial charge in [0, 0.05) is 12.2 Å². The van der Waals surface area contributed by atoms with Crippen LogP contribution in [0, 0.1) is 19.8 Å². The lowest BCUT2D eigenvalue weighted by molar-refractivity contribution is 0.508. The highest BCUT2D eigenvalue weighted by atomic mass is 15.0. The van der Waals surface area contributed by atoms with Crippen LogP contribution in [-0.4, -0.2) is 9.55 Å². The highest BCUT2D eigenvalue weighted by Gasteiger charge is 2.01. The minimum atomic E-state index is 0.810. The predicted molar refractivity (Wildman–Crippen MR) is 55.8 cm³/mol. The summed E-state index contributed by atoms with van der Waals surface area (Å²) in [4.78, 5) is 4.28. The number of aromatic nitrogens is 2. The first kappa shape index (κ1) is 10.3. The second-order valence-electron chi connectivity index (χ2n) is 4.14. The maximum Gasteiger partial charge on any atom is 0.0951 e. The highest BCUT2D eigenvalue weighted by molar-refractivity contribution is 5.08. The first-order valence-electron chi connectivity index (χ1n) is 5.09. The molecule has 74 valence electrons. The Morgan fingerprint density at radius 2 is 2.08 bits per heavy atom. The van der Waals surface area contributed by atoms with Gasteiger partial charge in [0.1, 0.15) is 0 Å². The number of hydrogen-bond acceptors (Lipinski definition) is 1. The molecular formula is C11H20N2. The predicted octanol–water partition coefficient (Wildman–Crippen LogP) is 2.94. The van der Waals surface area contributed by atoms with Crippen LogP contribution in [0.15, 0.2) is 6.33 Å². The Labute approximate surface area is 81.0 Å². The van der Waals surface area contributed by atoms with Crippen molar-refractivity contribution in [2.75, 3.05) is 0 Å². The van der Waals surface area contributed by atoms with Crippen molar-refractivity contribution < 1.29 is 0 Å². The van der Waals surface area contributed by atoms with Crippen molar-refractivity contribution in [1.29, 1.82) is 0 Å². The van der Waals surface area contributed by atoms with Crippen LogP contribution in [-0.2, 0) is 6.54 Å². The van der Waals surface area contributed by atoms with Crippen LogP contribution in [0.4, 0.5) is 0 Å². The van der Waals surface area contributed by atoms with E-state index < -0.39 is 0 Å². The van der Waals surface area contributed by atoms with Crippen molar-refractivity contribution in [3.8, 4) is 0 Å². The molecule has 0 radical (unpaired) electrons. The Balaban J connectivity index is 2.41. The van der Waals surface area contributed by atoms with Gasteiger partial charge in [-0.05, 0) is 32.6 Å². The van der Waals surface area contributed by atoms with Gasteiger partial charge in [-0.1, -0.05) is 13.8 Å². The maximum absolute atomic E-state index is 4.28. The average Bonchev–Trinajstić information content (AvgIpc) is 2.35. The van der Waals surface area contributed by atoms with Crippen LogP contribution < -0.4 is 0 Å². The zero-order valence-corrected chi connectivity index (χ0v) is 9.17. The van der Waals surface area contributed by atoms with E-state index >= 15 is 0 Å². The lowest BCUT2D eigenvalue weighted by atomic mass is 10.1. The summed E-state index contributed by atoms with van der Waals surface area (Å²) in [7, 11) is 0. The van der Waals surface area contributed by atoms with Gasteiger partial charge < -0.3 is 4.57 Å². The van der Waals surface area contributed by atoms with Crippen molar-refractivity contribution in [3.05, 3.63) is 17.7 Å². The number of nitrogens with zero attached hydrogens (tertiary/aromatic N) is 2. The molecule has 0 saturated carbocycles. The molecule has 0 amide bonds. The fraction of sp³-hybridized carbons (Fsp3) is 0.727. The Morgan fingerprint density at radius 1 is 1.38 bits per heavy atom. The minimum Gasteiger partial charge on any atom is -0.335 e. The molecule has 13 heavy (non-hydrogen) atoms. The molecular weight excluding hydrogens is 160 g/mol. The third-order valence-corrected chi connectivity index (χ3v) is 2.53. The van der Waals surface area contributed by atoms with Gasteiger partial charge in [-0.3, -0.25) is 0 Å². The minimum absolute atomic E-state index is 0.810. The molecule has 0 spiro atoms. The molecule has 0 aliphatic carbocycles. The summed E-state index contributed by atoms with van der Waals surface area (Å²) >= 11 is 0. The van der Waals surface area contributed by atoms with Gasteiger partial charge >= 0.3 is 0 Å². The van der Waals surface area contributed by atoms with E-state index in [0.29, 0.717) is 0 Å². The fourth-order valence-electron chi connectivity index (χ4n) is 1.44. The maximum atomic E-state index is 4.28. The van der Waals surface area contributed by atoms with Gasteiger partial charge in [0.15, 0.2) is 0 Å². The number of aryl methyl sites for hydroxylation is 2. The van der Waals surface area contributed by atoms with E-state index in [9.17, 15) is 0 Å². The SMILES string of the molecule is Cc1ncn(CCCC(C)C)c1C. The van der Waals surface area contributed by atoms with Crippen LogP contribution in [0.25, 0.3) is 0 Å². The molecule has 1 aromatic heterocycles. The lowest BCUT2D eigenvalue weighted by Gasteiger charge is -2.06. The molecule has 0 fully saturated rings. The molecule has 0 saturated heterocycles. The lowest BCUT2D eigenvalue weighted by Crippen LogP contribution is -2.00. The van der Waals surface area contributed by atoms with E-state index in [1.165, 1.54) is 18.5 Å². The Bertz CT molecular complexity index is 261. The summed E-state index contributed by atoms with van der Waals surface area (Å²) in [6.07, 6.45) is 4.51. The molecule has 1 heterocycles. The zero-order chi connectivity index (χ0) is 9.84. The molecule has 2 nitrogen and oxygen atoms in total. The van der Waals surface area contributed by atoms with Crippen molar-refractivity contribution in [2.45, 2.75) is 47.1 Å². The van der Waals surface area contributed by atoms with E-state index in [-0.39, 0.29) is 0 Å². The molecule has 2 heteroatoms. The van der Waals surface area contributed by atoms with Crippen molar-refractivity contribution in [3.63, 3.8) is 0 Å². The second kappa shape index (κ2) is 4.45. The Kier molecular flexibility index (Phi) is 3.52. The largest absolute Gasteiger partial charge is 0.335 e. The highest BCUT2D eigenvalue weighted by Crippen LogP contribution is 2.09. The third kappa shape index (κ3) is 2.87. The van der Waals surface area contributed by atoms with Crippen molar-refractivity contribution >= 4 is 0 Å². The van der Waals surface area contributed by atoms with Gasteiger partial charge in [-0.25, -0.2) is 4.98 Å². The number of hydrogen-bond donors (Lipinski definition) is 0. The van der Waals surface area contributed by atoms with Crippen LogP contribution in [0.1, 0.15) is 38.1 Å². The fourth-order valence-corrected chi connectivity index (χ4v) is 1.44. The van der Waals surface area contributed by atoms with Gasteiger partial charge in [0.05, 0.1) is 12.0 Å². The molecule has 0 aliphatic heterocycles. The first-order valence-corrected chi connectivity index (χ1v) is 5.09. The summed E-state index contributed by atoms with van der Waals surface area (Å²) in [5.74, 6) is 0.810.